The quantitative estimate of drug-likeness (QED) is 0.313. The molecule has 1 atom stereocenters. The molecule has 3 aromatic rings. The number of thiol groups is 1. The van der Waals surface area contributed by atoms with Crippen molar-refractivity contribution in [2.75, 3.05) is 6.54 Å². The third kappa shape index (κ3) is 2.86. The molecule has 4 amide bonds. The summed E-state index contributed by atoms with van der Waals surface area (Å²) in [6, 6.07) is 8.05. The highest BCUT2D eigenvalue weighted by molar-refractivity contribution is 7.75. The minimum atomic E-state index is -1.55. The van der Waals surface area contributed by atoms with E-state index < -0.39 is 17.5 Å². The minimum Gasteiger partial charge on any atom is -0.458 e. The zero-order chi connectivity index (χ0) is 22.0. The topological polar surface area (TPSA) is 114 Å². The van der Waals surface area contributed by atoms with E-state index in [-0.39, 0.29) is 18.2 Å². The maximum atomic E-state index is 13.1. The van der Waals surface area contributed by atoms with Crippen molar-refractivity contribution < 1.29 is 23.0 Å². The molecule has 0 unspecified atom stereocenters. The van der Waals surface area contributed by atoms with Gasteiger partial charge in [0.1, 0.15) is 17.1 Å². The molecule has 162 valence electrons. The van der Waals surface area contributed by atoms with Crippen molar-refractivity contribution >= 4 is 41.7 Å². The standard InChI is InChI=1S/C22H18N4O5S/c27-19-15-6-14(31-32)4-3-12(15)9-26(19)10-22(20(28)24-21(29)25-22)18-5-13-8-23-16(11-1-2-11)7-17(13)30-18/h3-8,11,32H,1-2,9-10H2,(H2,24,25,28,29)/t22-/m0/s1. The van der Waals surface area contributed by atoms with E-state index in [4.69, 9.17) is 8.60 Å². The number of nitrogens with one attached hydrogen (secondary N) is 2. The fourth-order valence-electron chi connectivity index (χ4n) is 4.43. The number of aromatic nitrogens is 1. The molecule has 1 saturated carbocycles. The van der Waals surface area contributed by atoms with Gasteiger partial charge in [0.2, 0.25) is 0 Å². The molecule has 0 spiro atoms. The van der Waals surface area contributed by atoms with Gasteiger partial charge in [0.15, 0.2) is 5.54 Å². The highest BCUT2D eigenvalue weighted by Gasteiger charge is 2.53. The van der Waals surface area contributed by atoms with Crippen LogP contribution in [-0.2, 0) is 16.9 Å². The van der Waals surface area contributed by atoms with Crippen molar-refractivity contribution in [1.82, 2.24) is 20.5 Å². The minimum absolute atomic E-state index is 0.0854. The number of nitrogens with zero attached hydrogens (tertiary/aromatic N) is 2. The molecule has 32 heavy (non-hydrogen) atoms. The fourth-order valence-corrected chi connectivity index (χ4v) is 4.54. The van der Waals surface area contributed by atoms with Crippen molar-refractivity contribution in [3.63, 3.8) is 0 Å². The number of benzene rings is 1. The molecule has 4 heterocycles. The summed E-state index contributed by atoms with van der Waals surface area (Å²) in [6.45, 7) is 0.206. The molecule has 10 heteroatoms. The van der Waals surface area contributed by atoms with E-state index in [1.54, 1.807) is 30.5 Å². The van der Waals surface area contributed by atoms with Crippen LogP contribution >= 0.6 is 12.9 Å². The van der Waals surface area contributed by atoms with Crippen LogP contribution < -0.4 is 14.8 Å². The van der Waals surface area contributed by atoms with Gasteiger partial charge in [-0.2, -0.15) is 0 Å². The Morgan fingerprint density at radius 1 is 1.22 bits per heavy atom. The zero-order valence-electron chi connectivity index (χ0n) is 16.8. The van der Waals surface area contributed by atoms with Gasteiger partial charge in [0.05, 0.1) is 6.54 Å². The van der Waals surface area contributed by atoms with Crippen LogP contribution in [0.4, 0.5) is 4.79 Å². The second-order valence-corrected chi connectivity index (χ2v) is 8.60. The Morgan fingerprint density at radius 2 is 2.06 bits per heavy atom. The third-order valence-corrected chi connectivity index (χ3v) is 6.48. The van der Waals surface area contributed by atoms with E-state index in [0.717, 1.165) is 29.5 Å². The van der Waals surface area contributed by atoms with Crippen LogP contribution in [0, 0.1) is 0 Å². The van der Waals surface area contributed by atoms with E-state index in [1.165, 1.54) is 4.90 Å². The average Bonchev–Trinajstić information content (AvgIpc) is 3.39. The summed E-state index contributed by atoms with van der Waals surface area (Å²) in [4.78, 5) is 44.2. The van der Waals surface area contributed by atoms with Crippen molar-refractivity contribution in [3.05, 3.63) is 59.1 Å². The number of fused-ring (bicyclic) bond motifs is 2. The molecule has 6 rings (SSSR count). The van der Waals surface area contributed by atoms with Crippen LogP contribution in [0.15, 0.2) is 40.9 Å². The summed E-state index contributed by atoms with van der Waals surface area (Å²) < 4.78 is 11.0. The predicted octanol–water partition coefficient (Wildman–Crippen LogP) is 2.62. The summed E-state index contributed by atoms with van der Waals surface area (Å²) in [7, 11) is 0. The maximum Gasteiger partial charge on any atom is 0.322 e. The van der Waals surface area contributed by atoms with Crippen molar-refractivity contribution in [1.29, 1.82) is 0 Å². The van der Waals surface area contributed by atoms with E-state index in [1.807, 2.05) is 6.07 Å². The van der Waals surface area contributed by atoms with Crippen molar-refractivity contribution in [2.45, 2.75) is 30.8 Å². The Labute approximate surface area is 187 Å². The van der Waals surface area contributed by atoms with Crippen LogP contribution in [0.3, 0.4) is 0 Å². The van der Waals surface area contributed by atoms with Crippen LogP contribution in [0.25, 0.3) is 11.0 Å². The molecular formula is C22H18N4O5S. The van der Waals surface area contributed by atoms with E-state index >= 15 is 0 Å². The van der Waals surface area contributed by atoms with Gasteiger partial charge < -0.3 is 18.8 Å². The van der Waals surface area contributed by atoms with Crippen LogP contribution in [0.1, 0.15) is 46.1 Å². The van der Waals surface area contributed by atoms with Gasteiger partial charge in [-0.3, -0.25) is 19.9 Å². The second-order valence-electron chi connectivity index (χ2n) is 8.42. The number of rotatable bonds is 5. The lowest BCUT2D eigenvalue weighted by Crippen LogP contribution is -2.52. The molecule has 2 aliphatic heterocycles. The van der Waals surface area contributed by atoms with Gasteiger partial charge in [0.25, 0.3) is 11.8 Å². The number of pyridine rings is 1. The Hall–Kier alpha value is -3.53. The number of amides is 4. The molecule has 1 aromatic carbocycles. The summed E-state index contributed by atoms with van der Waals surface area (Å²) in [5, 5.41) is 5.71. The van der Waals surface area contributed by atoms with Gasteiger partial charge in [-0.05, 0) is 36.6 Å². The number of urea groups is 1. The first kappa shape index (κ1) is 19.2. The first-order valence-electron chi connectivity index (χ1n) is 10.2. The van der Waals surface area contributed by atoms with Gasteiger partial charge >= 0.3 is 6.03 Å². The third-order valence-electron chi connectivity index (χ3n) is 6.27. The molecule has 1 saturated heterocycles. The van der Waals surface area contributed by atoms with Gasteiger partial charge in [-0.1, -0.05) is 6.07 Å². The summed E-state index contributed by atoms with van der Waals surface area (Å²) in [5.41, 5.74) is 1.28. The number of hydrogen-bond donors (Lipinski definition) is 3. The largest absolute Gasteiger partial charge is 0.458 e. The lowest BCUT2D eigenvalue weighted by atomic mass is 9.95. The van der Waals surface area contributed by atoms with Gasteiger partial charge in [-0.15, -0.1) is 0 Å². The van der Waals surface area contributed by atoms with E-state index in [0.29, 0.717) is 29.4 Å². The Kier molecular flexibility index (Phi) is 4.03. The van der Waals surface area contributed by atoms with E-state index in [9.17, 15) is 14.4 Å². The summed E-state index contributed by atoms with van der Waals surface area (Å²) in [6.07, 6.45) is 3.92. The summed E-state index contributed by atoms with van der Waals surface area (Å²) >= 11 is 3.78. The highest BCUT2D eigenvalue weighted by atomic mass is 32.1. The first-order chi connectivity index (χ1) is 15.5. The van der Waals surface area contributed by atoms with E-state index in [2.05, 4.69) is 28.5 Å². The Morgan fingerprint density at radius 3 is 2.78 bits per heavy atom. The smallest absolute Gasteiger partial charge is 0.322 e. The molecule has 1 aliphatic carbocycles. The first-order valence-corrected chi connectivity index (χ1v) is 10.6. The monoisotopic (exact) mass is 450 g/mol. The number of hydrogen-bond acceptors (Lipinski definition) is 7. The molecule has 2 fully saturated rings. The highest BCUT2D eigenvalue weighted by Crippen LogP contribution is 2.41. The SMILES string of the molecule is O=C1NC(=O)[C@](CN2Cc3ccc(OS)cc3C2=O)(c2cc3cnc(C4CC4)cc3o2)N1. The zero-order valence-corrected chi connectivity index (χ0v) is 17.6. The molecule has 9 nitrogen and oxygen atoms in total. The molecule has 3 aliphatic rings. The van der Waals surface area contributed by atoms with Gasteiger partial charge in [-0.25, -0.2) is 4.79 Å². The van der Waals surface area contributed by atoms with Crippen LogP contribution in [0.5, 0.6) is 5.75 Å². The Balaban J connectivity index is 1.38. The molecule has 0 radical (unpaired) electrons. The number of imide groups is 1. The van der Waals surface area contributed by atoms with Crippen molar-refractivity contribution in [2.24, 2.45) is 0 Å². The number of furan rings is 1. The predicted molar refractivity (Wildman–Crippen MR) is 115 cm³/mol. The molecule has 2 aromatic heterocycles. The fraction of sp³-hybridized carbons (Fsp3) is 0.273. The van der Waals surface area contributed by atoms with Gasteiger partial charge in [0, 0.05) is 54.3 Å². The maximum absolute atomic E-state index is 13.1. The van der Waals surface area contributed by atoms with Crippen LogP contribution in [-0.4, -0.2) is 34.3 Å². The number of carbonyl (C=O) groups is 3. The number of carbonyl (C=O) groups excluding carboxylic acids is 3. The Bertz CT molecular complexity index is 1320. The lowest BCUT2D eigenvalue weighted by Gasteiger charge is -2.29. The average molecular weight is 450 g/mol. The van der Waals surface area contributed by atoms with Crippen LogP contribution in [0.2, 0.25) is 0 Å². The molecular weight excluding hydrogens is 432 g/mol. The second kappa shape index (κ2) is 6.73. The lowest BCUT2D eigenvalue weighted by molar-refractivity contribution is -0.125. The van der Waals surface area contributed by atoms with Crippen molar-refractivity contribution in [3.8, 4) is 5.75 Å². The normalized spacial score (nSPS) is 22.3. The molecule has 2 N–H and O–H groups in total. The molecule has 0 bridgehead atoms. The summed E-state index contributed by atoms with van der Waals surface area (Å²) in [5.74, 6) is 0.312.